The van der Waals surface area contributed by atoms with E-state index in [0.29, 0.717) is 5.69 Å². The Morgan fingerprint density at radius 2 is 1.85 bits per heavy atom. The quantitative estimate of drug-likeness (QED) is 0.682. The van der Waals surface area contributed by atoms with Gasteiger partial charge in [-0.25, -0.2) is 9.59 Å². The molecule has 0 heterocycles. The normalized spacial score (nSPS) is 15.6. The number of carbonyl (C=O) groups excluding carboxylic acids is 1. The van der Waals surface area contributed by atoms with E-state index in [4.69, 9.17) is 5.11 Å². The molecule has 1 aliphatic carbocycles. The maximum Gasteiger partial charge on any atom is 0.339 e. The summed E-state index contributed by atoms with van der Waals surface area (Å²) < 4.78 is 0. The molecule has 4 N–H and O–H groups in total. The van der Waals surface area contributed by atoms with Crippen molar-refractivity contribution in [3.63, 3.8) is 0 Å². The minimum atomic E-state index is -1.21. The molecule has 1 saturated carbocycles. The average Bonchev–Trinajstić information content (AvgIpc) is 2.39. The molecular formula is C14H18N2O4. The smallest absolute Gasteiger partial charge is 0.339 e. The third-order valence-corrected chi connectivity index (χ3v) is 3.43. The van der Waals surface area contributed by atoms with Crippen molar-refractivity contribution in [2.45, 2.75) is 38.1 Å². The van der Waals surface area contributed by atoms with Gasteiger partial charge in [-0.05, 0) is 25.0 Å². The van der Waals surface area contributed by atoms with Crippen molar-refractivity contribution < 1.29 is 19.8 Å². The van der Waals surface area contributed by atoms with Crippen LogP contribution in [-0.4, -0.2) is 28.3 Å². The van der Waals surface area contributed by atoms with E-state index in [2.05, 4.69) is 10.6 Å². The van der Waals surface area contributed by atoms with E-state index in [1.54, 1.807) is 0 Å². The van der Waals surface area contributed by atoms with Gasteiger partial charge in [0.15, 0.2) is 0 Å². The molecule has 0 bridgehead atoms. The molecule has 20 heavy (non-hydrogen) atoms. The number of benzene rings is 1. The van der Waals surface area contributed by atoms with E-state index >= 15 is 0 Å². The Morgan fingerprint density at radius 3 is 2.45 bits per heavy atom. The van der Waals surface area contributed by atoms with Crippen LogP contribution in [0.15, 0.2) is 18.2 Å². The van der Waals surface area contributed by atoms with Gasteiger partial charge in [-0.15, -0.1) is 0 Å². The number of nitrogens with one attached hydrogen (secondary N) is 2. The lowest BCUT2D eigenvalue weighted by Crippen LogP contribution is -2.39. The summed E-state index contributed by atoms with van der Waals surface area (Å²) in [5.74, 6) is -1.58. The largest absolute Gasteiger partial charge is 0.507 e. The average molecular weight is 278 g/mol. The second-order valence-electron chi connectivity index (χ2n) is 4.97. The van der Waals surface area contributed by atoms with Crippen molar-refractivity contribution in [2.24, 2.45) is 0 Å². The second kappa shape index (κ2) is 6.27. The fourth-order valence-electron chi connectivity index (χ4n) is 2.39. The summed E-state index contributed by atoms with van der Waals surface area (Å²) in [6, 6.07) is 3.79. The molecule has 6 heteroatoms. The van der Waals surface area contributed by atoms with Crippen LogP contribution in [0.4, 0.5) is 10.5 Å². The molecule has 6 nitrogen and oxygen atoms in total. The molecule has 0 aliphatic heterocycles. The second-order valence-corrected chi connectivity index (χ2v) is 4.97. The molecule has 108 valence electrons. The van der Waals surface area contributed by atoms with Crippen LogP contribution in [0.3, 0.4) is 0 Å². The number of amides is 2. The first-order chi connectivity index (χ1) is 9.56. The molecule has 1 fully saturated rings. The van der Waals surface area contributed by atoms with Crippen molar-refractivity contribution in [3.05, 3.63) is 23.8 Å². The number of rotatable bonds is 3. The first-order valence-electron chi connectivity index (χ1n) is 6.70. The third-order valence-electron chi connectivity index (χ3n) is 3.43. The van der Waals surface area contributed by atoms with Crippen molar-refractivity contribution >= 4 is 17.7 Å². The minimum absolute atomic E-state index is 0.190. The Morgan fingerprint density at radius 1 is 1.15 bits per heavy atom. The number of hydrogen-bond acceptors (Lipinski definition) is 3. The van der Waals surface area contributed by atoms with E-state index in [9.17, 15) is 14.7 Å². The van der Waals surface area contributed by atoms with E-state index in [1.165, 1.54) is 24.6 Å². The zero-order valence-electron chi connectivity index (χ0n) is 11.1. The van der Waals surface area contributed by atoms with Gasteiger partial charge in [-0.1, -0.05) is 19.3 Å². The third kappa shape index (κ3) is 3.63. The number of anilines is 1. The highest BCUT2D eigenvalue weighted by molar-refractivity contribution is 5.94. The highest BCUT2D eigenvalue weighted by atomic mass is 16.4. The molecule has 0 aromatic heterocycles. The lowest BCUT2D eigenvalue weighted by Gasteiger charge is -2.22. The fourth-order valence-corrected chi connectivity index (χ4v) is 2.39. The minimum Gasteiger partial charge on any atom is -0.507 e. The van der Waals surface area contributed by atoms with Crippen molar-refractivity contribution in [3.8, 4) is 5.75 Å². The Bertz CT molecular complexity index is 510. The van der Waals surface area contributed by atoms with Gasteiger partial charge in [-0.2, -0.15) is 0 Å². The molecule has 1 aromatic rings. The van der Waals surface area contributed by atoms with Gasteiger partial charge in [0.25, 0.3) is 0 Å². The number of carboxylic acids is 1. The first kappa shape index (κ1) is 14.2. The number of carboxylic acid groups (broad SMARTS) is 1. The molecule has 1 aromatic carbocycles. The fraction of sp³-hybridized carbons (Fsp3) is 0.429. The van der Waals surface area contributed by atoms with Crippen molar-refractivity contribution in [2.75, 3.05) is 5.32 Å². The Hall–Kier alpha value is -2.24. The van der Waals surface area contributed by atoms with Crippen LogP contribution in [0, 0.1) is 0 Å². The van der Waals surface area contributed by atoms with Crippen LogP contribution in [0.2, 0.25) is 0 Å². The summed E-state index contributed by atoms with van der Waals surface area (Å²) in [5, 5.41) is 23.8. The number of urea groups is 1. The lowest BCUT2D eigenvalue weighted by molar-refractivity contribution is 0.0694. The van der Waals surface area contributed by atoms with E-state index in [-0.39, 0.29) is 23.4 Å². The molecule has 0 unspecified atom stereocenters. The molecular weight excluding hydrogens is 260 g/mol. The van der Waals surface area contributed by atoms with Crippen molar-refractivity contribution in [1.29, 1.82) is 0 Å². The van der Waals surface area contributed by atoms with Crippen LogP contribution in [-0.2, 0) is 0 Å². The molecule has 0 atom stereocenters. The van der Waals surface area contributed by atoms with E-state index in [0.717, 1.165) is 25.7 Å². The Balaban J connectivity index is 1.93. The Labute approximate surface area is 116 Å². The maximum absolute atomic E-state index is 11.8. The zero-order chi connectivity index (χ0) is 14.5. The monoisotopic (exact) mass is 278 g/mol. The number of aromatic hydroxyl groups is 1. The molecule has 2 amide bonds. The number of hydrogen-bond donors (Lipinski definition) is 4. The standard InChI is InChI=1S/C14H18N2O4/c17-12-8-10(6-7-11(12)13(18)19)16-14(20)15-9-4-2-1-3-5-9/h6-9,17H,1-5H2,(H,18,19)(H2,15,16,20). The van der Waals surface area contributed by atoms with Gasteiger partial charge >= 0.3 is 12.0 Å². The molecule has 0 spiro atoms. The molecule has 1 aliphatic rings. The van der Waals surface area contributed by atoms with Gasteiger partial charge < -0.3 is 20.8 Å². The maximum atomic E-state index is 11.8. The van der Waals surface area contributed by atoms with Crippen LogP contribution in [0.1, 0.15) is 42.5 Å². The summed E-state index contributed by atoms with van der Waals surface area (Å²) in [6.07, 6.45) is 5.43. The summed E-state index contributed by atoms with van der Waals surface area (Å²) >= 11 is 0. The van der Waals surface area contributed by atoms with E-state index in [1.807, 2.05) is 0 Å². The molecule has 0 saturated heterocycles. The summed E-state index contributed by atoms with van der Waals surface area (Å²) in [4.78, 5) is 22.5. The number of phenols is 1. The highest BCUT2D eigenvalue weighted by Gasteiger charge is 2.16. The predicted molar refractivity (Wildman–Crippen MR) is 74.1 cm³/mol. The summed E-state index contributed by atoms with van der Waals surface area (Å²) in [5.41, 5.74) is 0.170. The first-order valence-corrected chi connectivity index (χ1v) is 6.70. The predicted octanol–water partition coefficient (Wildman–Crippen LogP) is 2.54. The van der Waals surface area contributed by atoms with Gasteiger partial charge in [0.1, 0.15) is 11.3 Å². The van der Waals surface area contributed by atoms with Crippen LogP contribution >= 0.6 is 0 Å². The van der Waals surface area contributed by atoms with Gasteiger partial charge in [0.2, 0.25) is 0 Å². The molecule has 0 radical (unpaired) electrons. The van der Waals surface area contributed by atoms with Crippen LogP contribution < -0.4 is 10.6 Å². The van der Waals surface area contributed by atoms with Crippen LogP contribution in [0.25, 0.3) is 0 Å². The van der Waals surface area contributed by atoms with Gasteiger partial charge in [0, 0.05) is 17.8 Å². The summed E-state index contributed by atoms with van der Waals surface area (Å²) in [7, 11) is 0. The summed E-state index contributed by atoms with van der Waals surface area (Å²) in [6.45, 7) is 0. The SMILES string of the molecule is O=C(Nc1ccc(C(=O)O)c(O)c1)NC1CCCCC1. The Kier molecular flexibility index (Phi) is 4.45. The van der Waals surface area contributed by atoms with Crippen molar-refractivity contribution in [1.82, 2.24) is 5.32 Å². The number of carbonyl (C=O) groups is 2. The zero-order valence-corrected chi connectivity index (χ0v) is 11.1. The number of aromatic carboxylic acids is 1. The van der Waals surface area contributed by atoms with Crippen LogP contribution in [0.5, 0.6) is 5.75 Å². The van der Waals surface area contributed by atoms with Gasteiger partial charge in [-0.3, -0.25) is 0 Å². The highest BCUT2D eigenvalue weighted by Crippen LogP contribution is 2.22. The topological polar surface area (TPSA) is 98.7 Å². The lowest BCUT2D eigenvalue weighted by atomic mass is 9.96. The van der Waals surface area contributed by atoms with Gasteiger partial charge in [0.05, 0.1) is 0 Å². The molecule has 2 rings (SSSR count). The van der Waals surface area contributed by atoms with E-state index < -0.39 is 5.97 Å².